The van der Waals surface area contributed by atoms with Gasteiger partial charge in [-0.15, -0.1) is 0 Å². The van der Waals surface area contributed by atoms with Crippen LogP contribution in [0.25, 0.3) is 0 Å². The number of hydrogen-bond donors (Lipinski definition) is 0. The van der Waals surface area contributed by atoms with Crippen molar-refractivity contribution in [3.63, 3.8) is 0 Å². The van der Waals surface area contributed by atoms with E-state index in [9.17, 15) is 8.42 Å². The lowest BCUT2D eigenvalue weighted by Gasteiger charge is -2.49. The molecule has 0 bridgehead atoms. The summed E-state index contributed by atoms with van der Waals surface area (Å²) < 4.78 is 37.7. The van der Waals surface area contributed by atoms with E-state index < -0.39 is 10.0 Å². The zero-order valence-corrected chi connectivity index (χ0v) is 13.9. The Bertz CT molecular complexity index is 654. The summed E-state index contributed by atoms with van der Waals surface area (Å²) in [4.78, 5) is 4.14. The molecule has 1 spiro atoms. The van der Waals surface area contributed by atoms with Crippen LogP contribution < -0.4 is 4.74 Å². The van der Waals surface area contributed by atoms with Crippen LogP contribution >= 0.6 is 0 Å². The van der Waals surface area contributed by atoms with Gasteiger partial charge in [-0.2, -0.15) is 4.31 Å². The van der Waals surface area contributed by atoms with Crippen molar-refractivity contribution < 1.29 is 17.9 Å². The van der Waals surface area contributed by atoms with Crippen molar-refractivity contribution in [2.45, 2.75) is 36.5 Å². The normalized spacial score (nSPS) is 27.0. The van der Waals surface area contributed by atoms with Crippen LogP contribution in [0.15, 0.2) is 24.4 Å². The zero-order valence-electron chi connectivity index (χ0n) is 13.1. The van der Waals surface area contributed by atoms with Crippen LogP contribution in [0.3, 0.4) is 0 Å². The van der Waals surface area contributed by atoms with Gasteiger partial charge in [0.05, 0.1) is 17.5 Å². The minimum Gasteiger partial charge on any atom is -0.478 e. The third-order valence-electron chi connectivity index (χ3n) is 5.15. The lowest BCUT2D eigenvalue weighted by atomic mass is 9.80. The minimum absolute atomic E-state index is 0.132. The molecule has 1 atom stereocenters. The largest absolute Gasteiger partial charge is 0.478 e. The molecule has 1 aromatic heterocycles. The van der Waals surface area contributed by atoms with Crippen LogP contribution in [0.4, 0.5) is 0 Å². The number of hydrogen-bond acceptors (Lipinski definition) is 5. The van der Waals surface area contributed by atoms with Gasteiger partial charge in [-0.1, -0.05) is 6.07 Å². The Kier molecular flexibility index (Phi) is 3.82. The molecule has 6 nitrogen and oxygen atoms in total. The smallest absolute Gasteiger partial charge is 0.217 e. The first-order chi connectivity index (χ1) is 11.1. The van der Waals surface area contributed by atoms with E-state index in [4.69, 9.17) is 9.47 Å². The Morgan fingerprint density at radius 3 is 2.83 bits per heavy atom. The molecule has 7 heteroatoms. The highest BCUT2D eigenvalue weighted by molar-refractivity contribution is 7.90. The van der Waals surface area contributed by atoms with Gasteiger partial charge in [0.15, 0.2) is 0 Å². The molecule has 0 N–H and O–H groups in total. The Morgan fingerprint density at radius 1 is 1.30 bits per heavy atom. The van der Waals surface area contributed by atoms with E-state index in [1.807, 2.05) is 18.2 Å². The Labute approximate surface area is 136 Å². The van der Waals surface area contributed by atoms with Crippen LogP contribution in [-0.2, 0) is 14.8 Å². The molecule has 0 amide bonds. The average Bonchev–Trinajstić information content (AvgIpc) is 3.28. The predicted octanol–water partition coefficient (Wildman–Crippen LogP) is 1.43. The lowest BCUT2D eigenvalue weighted by molar-refractivity contribution is -0.104. The molecule has 3 heterocycles. The van der Waals surface area contributed by atoms with E-state index >= 15 is 0 Å². The number of aromatic nitrogens is 1. The lowest BCUT2D eigenvalue weighted by Crippen LogP contribution is -2.66. The van der Waals surface area contributed by atoms with E-state index in [2.05, 4.69) is 4.98 Å². The molecular weight excluding hydrogens is 316 g/mol. The Morgan fingerprint density at radius 2 is 2.13 bits per heavy atom. The summed E-state index contributed by atoms with van der Waals surface area (Å²) in [5.74, 6) is 0.990. The summed E-state index contributed by atoms with van der Waals surface area (Å²) in [6.07, 6.45) is 5.18. The maximum Gasteiger partial charge on any atom is 0.217 e. The fourth-order valence-corrected chi connectivity index (χ4v) is 5.54. The van der Waals surface area contributed by atoms with Crippen LogP contribution in [0.1, 0.15) is 25.7 Å². The number of nitrogens with zero attached hydrogens (tertiary/aromatic N) is 2. The van der Waals surface area contributed by atoms with Gasteiger partial charge in [-0.05, 0) is 37.7 Å². The number of ether oxygens (including phenoxy) is 2. The van der Waals surface area contributed by atoms with Gasteiger partial charge in [0, 0.05) is 32.0 Å². The number of sulfonamides is 1. The van der Waals surface area contributed by atoms with Crippen molar-refractivity contribution in [2.24, 2.45) is 5.92 Å². The fourth-order valence-electron chi connectivity index (χ4n) is 3.59. The molecule has 2 aliphatic heterocycles. The molecule has 4 rings (SSSR count). The fraction of sp³-hybridized carbons (Fsp3) is 0.688. The summed E-state index contributed by atoms with van der Waals surface area (Å²) in [5, 5.41) is -0.132. The average molecular weight is 338 g/mol. The maximum atomic E-state index is 12.3. The monoisotopic (exact) mass is 338 g/mol. The SMILES string of the molecule is O=S(=O)(C1CC1)N1CC2(C1)OCC[C@@H]2CCOc1ccccn1. The van der Waals surface area contributed by atoms with Crippen molar-refractivity contribution >= 4 is 10.0 Å². The van der Waals surface area contributed by atoms with E-state index in [0.717, 1.165) is 25.7 Å². The molecule has 1 aromatic rings. The molecule has 3 fully saturated rings. The van der Waals surface area contributed by atoms with Gasteiger partial charge in [0.1, 0.15) is 0 Å². The van der Waals surface area contributed by atoms with E-state index in [-0.39, 0.29) is 10.9 Å². The zero-order chi connectivity index (χ0) is 15.9. The second-order valence-corrected chi connectivity index (χ2v) is 8.93. The first kappa shape index (κ1) is 15.4. The van der Waals surface area contributed by atoms with Crippen molar-refractivity contribution in [3.05, 3.63) is 24.4 Å². The Balaban J connectivity index is 1.31. The van der Waals surface area contributed by atoms with Crippen LogP contribution in [0, 0.1) is 5.92 Å². The van der Waals surface area contributed by atoms with Crippen LogP contribution in [0.5, 0.6) is 5.88 Å². The quantitative estimate of drug-likeness (QED) is 0.785. The van der Waals surface area contributed by atoms with Gasteiger partial charge in [0.25, 0.3) is 0 Å². The summed E-state index contributed by atoms with van der Waals surface area (Å²) in [5.41, 5.74) is -0.282. The highest BCUT2D eigenvalue weighted by Gasteiger charge is 2.58. The second kappa shape index (κ2) is 5.72. The van der Waals surface area contributed by atoms with Gasteiger partial charge < -0.3 is 9.47 Å². The molecule has 3 aliphatic rings. The minimum atomic E-state index is -3.07. The van der Waals surface area contributed by atoms with E-state index in [0.29, 0.717) is 38.1 Å². The van der Waals surface area contributed by atoms with E-state index in [1.165, 1.54) is 0 Å². The summed E-state index contributed by atoms with van der Waals surface area (Å²) in [7, 11) is -3.07. The third-order valence-corrected chi connectivity index (χ3v) is 7.44. The maximum absolute atomic E-state index is 12.3. The molecule has 23 heavy (non-hydrogen) atoms. The van der Waals surface area contributed by atoms with Gasteiger partial charge in [-0.3, -0.25) is 0 Å². The first-order valence-electron chi connectivity index (χ1n) is 8.27. The molecular formula is C16H22N2O4S. The van der Waals surface area contributed by atoms with Crippen LogP contribution in [0.2, 0.25) is 0 Å². The summed E-state index contributed by atoms with van der Waals surface area (Å²) in [6.45, 7) is 2.33. The highest BCUT2D eigenvalue weighted by atomic mass is 32.2. The van der Waals surface area contributed by atoms with Crippen LogP contribution in [-0.4, -0.2) is 54.9 Å². The number of rotatable bonds is 6. The molecule has 0 unspecified atom stereocenters. The van der Waals surface area contributed by atoms with Crippen molar-refractivity contribution in [1.29, 1.82) is 0 Å². The van der Waals surface area contributed by atoms with E-state index in [1.54, 1.807) is 10.5 Å². The third kappa shape index (κ3) is 2.86. The van der Waals surface area contributed by atoms with Crippen molar-refractivity contribution in [1.82, 2.24) is 9.29 Å². The van der Waals surface area contributed by atoms with Gasteiger partial charge in [0.2, 0.25) is 15.9 Å². The predicted molar refractivity (Wildman–Crippen MR) is 84.7 cm³/mol. The number of pyridine rings is 1. The summed E-state index contributed by atoms with van der Waals surface area (Å²) >= 11 is 0. The molecule has 1 saturated carbocycles. The standard InChI is InChI=1S/C16H22N2O4S/c19-23(20,14-4-5-14)18-11-16(12-18)13(7-10-22-16)6-9-21-15-3-1-2-8-17-15/h1-3,8,13-14H,4-7,9-12H2/t13-/m0/s1. The highest BCUT2D eigenvalue weighted by Crippen LogP contribution is 2.45. The van der Waals surface area contributed by atoms with Gasteiger partial charge in [-0.25, -0.2) is 13.4 Å². The summed E-state index contributed by atoms with van der Waals surface area (Å²) in [6, 6.07) is 5.60. The van der Waals surface area contributed by atoms with Crippen molar-refractivity contribution in [2.75, 3.05) is 26.3 Å². The Hall–Kier alpha value is -1.18. The first-order valence-corrected chi connectivity index (χ1v) is 9.77. The van der Waals surface area contributed by atoms with Gasteiger partial charge >= 0.3 is 0 Å². The molecule has 1 aliphatic carbocycles. The molecule has 2 saturated heterocycles. The second-order valence-electron chi connectivity index (χ2n) is 6.72. The molecule has 0 aromatic carbocycles. The topological polar surface area (TPSA) is 68.7 Å². The molecule has 126 valence electrons. The van der Waals surface area contributed by atoms with Crippen molar-refractivity contribution in [3.8, 4) is 5.88 Å². The molecule has 0 radical (unpaired) electrons.